The Morgan fingerprint density at radius 1 is 1.22 bits per heavy atom. The smallest absolute Gasteiger partial charge is 0.132 e. The normalized spacial score (nSPS) is 17.3. The quantitative estimate of drug-likeness (QED) is 0.683. The molecule has 1 aliphatic rings. The number of likely N-dealkylation sites (N-methyl/N-ethyl adjacent to an activating group) is 1. The Morgan fingerprint density at radius 3 is 2.96 bits per heavy atom. The van der Waals surface area contributed by atoms with E-state index in [9.17, 15) is 0 Å². The molecule has 3 aromatic rings. The highest BCUT2D eigenvalue weighted by molar-refractivity contribution is 7.15. The van der Waals surface area contributed by atoms with E-state index >= 15 is 0 Å². The van der Waals surface area contributed by atoms with Crippen LogP contribution >= 0.6 is 11.3 Å². The molecule has 2 N–H and O–H groups in total. The first-order valence-electron chi connectivity index (χ1n) is 9.21. The molecule has 1 aliphatic heterocycles. The van der Waals surface area contributed by atoms with Crippen LogP contribution in [0.4, 0.5) is 11.6 Å². The van der Waals surface area contributed by atoms with Crippen molar-refractivity contribution in [3.63, 3.8) is 0 Å². The van der Waals surface area contributed by atoms with E-state index in [1.54, 1.807) is 17.5 Å². The second kappa shape index (κ2) is 8.12. The average Bonchev–Trinajstić information content (AvgIpc) is 3.32. The number of thiazole rings is 1. The maximum atomic E-state index is 4.73. The van der Waals surface area contributed by atoms with Crippen LogP contribution in [-0.4, -0.2) is 46.0 Å². The lowest BCUT2D eigenvalue weighted by molar-refractivity contribution is 0.322. The highest BCUT2D eigenvalue weighted by atomic mass is 32.1. The largest absolute Gasteiger partial charge is 0.325 e. The number of aryl methyl sites for hydroxylation is 1. The number of nitrogens with one attached hydrogen (secondary N) is 2. The number of rotatable bonds is 6. The van der Waals surface area contributed by atoms with Gasteiger partial charge in [0.15, 0.2) is 0 Å². The summed E-state index contributed by atoms with van der Waals surface area (Å²) in [6, 6.07) is 10.6. The fourth-order valence-corrected chi connectivity index (χ4v) is 4.21. The zero-order valence-electron chi connectivity index (χ0n) is 15.6. The zero-order valence-corrected chi connectivity index (χ0v) is 16.5. The summed E-state index contributed by atoms with van der Waals surface area (Å²) in [5.74, 6) is 1.59. The van der Waals surface area contributed by atoms with Crippen molar-refractivity contribution in [2.75, 3.05) is 25.5 Å². The molecule has 1 fully saturated rings. The Morgan fingerprint density at radius 2 is 2.15 bits per heavy atom. The van der Waals surface area contributed by atoms with E-state index in [0.717, 1.165) is 52.4 Å². The zero-order chi connectivity index (χ0) is 18.6. The monoisotopic (exact) mass is 380 g/mol. The minimum absolute atomic E-state index is 0.601. The van der Waals surface area contributed by atoms with Crippen molar-refractivity contribution in [2.24, 2.45) is 0 Å². The Bertz CT molecular complexity index is 909. The highest BCUT2D eigenvalue weighted by Gasteiger charge is 2.21. The standard InChI is InChI=1S/C20H24N6S/c1-14-6-8-22-19(10-14)25-18-5-3-4-16(24-18)17-11-23-20(27-17)13-26-9-7-15(12-26)21-2/h3-6,8,10-11,15,21H,7,9,12-13H2,1-2H3,(H,22,24,25). The first kappa shape index (κ1) is 18.0. The van der Waals surface area contributed by atoms with Gasteiger partial charge in [0.1, 0.15) is 16.6 Å². The van der Waals surface area contributed by atoms with Gasteiger partial charge in [-0.3, -0.25) is 4.90 Å². The van der Waals surface area contributed by atoms with Gasteiger partial charge >= 0.3 is 0 Å². The second-order valence-corrected chi connectivity index (χ2v) is 7.99. The van der Waals surface area contributed by atoms with Gasteiger partial charge in [-0.05, 0) is 50.2 Å². The summed E-state index contributed by atoms with van der Waals surface area (Å²) in [6.07, 6.45) is 4.94. The van der Waals surface area contributed by atoms with E-state index in [0.29, 0.717) is 6.04 Å². The molecule has 3 aromatic heterocycles. The van der Waals surface area contributed by atoms with Crippen molar-refractivity contribution in [2.45, 2.75) is 25.9 Å². The number of aromatic nitrogens is 3. The van der Waals surface area contributed by atoms with Crippen molar-refractivity contribution < 1.29 is 0 Å². The number of anilines is 2. The molecule has 0 radical (unpaired) electrons. The predicted octanol–water partition coefficient (Wildman–Crippen LogP) is 3.45. The summed E-state index contributed by atoms with van der Waals surface area (Å²) in [5, 5.41) is 7.78. The van der Waals surface area contributed by atoms with E-state index in [1.165, 1.54) is 6.42 Å². The van der Waals surface area contributed by atoms with Crippen LogP contribution in [0.1, 0.15) is 17.0 Å². The topological polar surface area (TPSA) is 66.0 Å². The summed E-state index contributed by atoms with van der Waals surface area (Å²) in [7, 11) is 2.04. The van der Waals surface area contributed by atoms with Gasteiger partial charge in [0, 0.05) is 31.5 Å². The lowest BCUT2D eigenvalue weighted by Gasteiger charge is -2.13. The minimum atomic E-state index is 0.601. The molecule has 27 heavy (non-hydrogen) atoms. The maximum absolute atomic E-state index is 4.73. The number of pyridine rings is 2. The molecule has 1 atom stereocenters. The van der Waals surface area contributed by atoms with Gasteiger partial charge in [-0.25, -0.2) is 15.0 Å². The minimum Gasteiger partial charge on any atom is -0.325 e. The molecule has 0 spiro atoms. The predicted molar refractivity (Wildman–Crippen MR) is 110 cm³/mol. The van der Waals surface area contributed by atoms with Gasteiger partial charge < -0.3 is 10.6 Å². The third-order valence-electron chi connectivity index (χ3n) is 4.77. The third-order valence-corrected chi connectivity index (χ3v) is 5.77. The van der Waals surface area contributed by atoms with Crippen LogP contribution in [-0.2, 0) is 6.54 Å². The molecule has 7 heteroatoms. The van der Waals surface area contributed by atoms with Crippen molar-refractivity contribution in [3.8, 4) is 10.6 Å². The SMILES string of the molecule is CNC1CCN(Cc2ncc(-c3cccc(Nc4cc(C)ccn4)n3)s2)C1. The molecule has 6 nitrogen and oxygen atoms in total. The molecule has 0 aromatic carbocycles. The van der Waals surface area contributed by atoms with E-state index in [1.807, 2.05) is 43.6 Å². The summed E-state index contributed by atoms with van der Waals surface area (Å²) >= 11 is 1.72. The Kier molecular flexibility index (Phi) is 5.42. The van der Waals surface area contributed by atoms with Crippen molar-refractivity contribution >= 4 is 23.0 Å². The Balaban J connectivity index is 1.45. The van der Waals surface area contributed by atoms with E-state index in [2.05, 4.69) is 32.4 Å². The summed E-state index contributed by atoms with van der Waals surface area (Å²) < 4.78 is 0. The number of hydrogen-bond donors (Lipinski definition) is 2. The van der Waals surface area contributed by atoms with Crippen LogP contribution in [0, 0.1) is 6.92 Å². The molecule has 140 valence electrons. The molecule has 0 aliphatic carbocycles. The molecule has 1 unspecified atom stereocenters. The number of nitrogens with zero attached hydrogens (tertiary/aromatic N) is 4. The van der Waals surface area contributed by atoms with E-state index in [4.69, 9.17) is 4.98 Å². The van der Waals surface area contributed by atoms with Crippen LogP contribution in [0.5, 0.6) is 0 Å². The molecule has 4 rings (SSSR count). The van der Waals surface area contributed by atoms with Crippen molar-refractivity contribution in [1.82, 2.24) is 25.2 Å². The number of likely N-dealkylation sites (tertiary alicyclic amines) is 1. The molecule has 0 amide bonds. The van der Waals surface area contributed by atoms with Gasteiger partial charge in [0.05, 0.1) is 17.1 Å². The van der Waals surface area contributed by atoms with E-state index < -0.39 is 0 Å². The van der Waals surface area contributed by atoms with E-state index in [-0.39, 0.29) is 0 Å². The Hall–Kier alpha value is -2.35. The molecule has 4 heterocycles. The molecule has 0 saturated carbocycles. The summed E-state index contributed by atoms with van der Waals surface area (Å²) in [6.45, 7) is 5.18. The highest BCUT2D eigenvalue weighted by Crippen LogP contribution is 2.27. The fraction of sp³-hybridized carbons (Fsp3) is 0.350. The summed E-state index contributed by atoms with van der Waals surface area (Å²) in [4.78, 5) is 17.2. The van der Waals surface area contributed by atoms with Crippen LogP contribution < -0.4 is 10.6 Å². The first-order valence-corrected chi connectivity index (χ1v) is 10.0. The molecular formula is C20H24N6S. The van der Waals surface area contributed by atoms with Crippen LogP contribution in [0.15, 0.2) is 42.7 Å². The molecule has 1 saturated heterocycles. The molecule has 0 bridgehead atoms. The van der Waals surface area contributed by atoms with Gasteiger partial charge in [-0.1, -0.05) is 6.07 Å². The first-order chi connectivity index (χ1) is 13.2. The second-order valence-electron chi connectivity index (χ2n) is 6.88. The lowest BCUT2D eigenvalue weighted by atomic mass is 10.3. The van der Waals surface area contributed by atoms with Crippen LogP contribution in [0.2, 0.25) is 0 Å². The Labute approximate surface area is 163 Å². The fourth-order valence-electron chi connectivity index (χ4n) is 3.28. The van der Waals surface area contributed by atoms with Gasteiger partial charge in [0.2, 0.25) is 0 Å². The summed E-state index contributed by atoms with van der Waals surface area (Å²) in [5.41, 5.74) is 2.10. The van der Waals surface area contributed by atoms with Gasteiger partial charge in [-0.2, -0.15) is 0 Å². The van der Waals surface area contributed by atoms with Gasteiger partial charge in [-0.15, -0.1) is 11.3 Å². The van der Waals surface area contributed by atoms with Gasteiger partial charge in [0.25, 0.3) is 0 Å². The number of hydrogen-bond acceptors (Lipinski definition) is 7. The van der Waals surface area contributed by atoms with Crippen molar-refractivity contribution in [1.29, 1.82) is 0 Å². The van der Waals surface area contributed by atoms with Crippen LogP contribution in [0.3, 0.4) is 0 Å². The third kappa shape index (κ3) is 4.50. The van der Waals surface area contributed by atoms with Crippen LogP contribution in [0.25, 0.3) is 10.6 Å². The van der Waals surface area contributed by atoms with Crippen molar-refractivity contribution in [3.05, 3.63) is 53.3 Å². The lowest BCUT2D eigenvalue weighted by Crippen LogP contribution is -2.29. The maximum Gasteiger partial charge on any atom is 0.132 e. The average molecular weight is 381 g/mol. The molecular weight excluding hydrogens is 356 g/mol.